The summed E-state index contributed by atoms with van der Waals surface area (Å²) in [4.78, 5) is 10.3. The Bertz CT molecular complexity index is 240. The second-order valence-corrected chi connectivity index (χ2v) is 6.26. The van der Waals surface area contributed by atoms with Crippen molar-refractivity contribution in [2.24, 2.45) is 0 Å². The first kappa shape index (κ1) is 24.3. The molecule has 0 heterocycles. The molecule has 0 spiro atoms. The number of hydrogen-bond donors (Lipinski definition) is 2. The Morgan fingerprint density at radius 1 is 0.818 bits per heavy atom. The summed E-state index contributed by atoms with van der Waals surface area (Å²) in [6.07, 6.45) is 16.3. The average molecular weight is 308 g/mol. The minimum Gasteiger partial charge on any atom is -1.00 e. The zero-order chi connectivity index (χ0) is 15.8. The maximum atomic E-state index is 10.3. The number of aliphatic hydroxyl groups is 1. The number of unbranched alkanes of at least 4 members (excludes halogenated alkanes) is 10. The van der Waals surface area contributed by atoms with Crippen molar-refractivity contribution in [1.82, 2.24) is 0 Å². The number of carboxylic acids is 1. The van der Waals surface area contributed by atoms with E-state index in [1.807, 2.05) is 0 Å². The first-order valence-electron chi connectivity index (χ1n) is 9.06. The molecule has 4 heteroatoms. The maximum absolute atomic E-state index is 10.3. The fourth-order valence-electron chi connectivity index (χ4n) is 2.67. The molecule has 3 nitrogen and oxygen atoms in total. The zero-order valence-corrected chi connectivity index (χ0v) is 15.0. The largest absolute Gasteiger partial charge is 1.00 e. The van der Waals surface area contributed by atoms with Crippen LogP contribution in [0.2, 0.25) is 0 Å². The van der Waals surface area contributed by atoms with E-state index in [1.165, 1.54) is 51.4 Å². The Hall–Kier alpha value is 0.0274. The van der Waals surface area contributed by atoms with Gasteiger partial charge in [0.15, 0.2) is 0 Å². The molecule has 0 radical (unpaired) electrons. The van der Waals surface area contributed by atoms with Crippen LogP contribution in [-0.2, 0) is 4.79 Å². The van der Waals surface area contributed by atoms with E-state index in [-0.39, 0.29) is 26.4 Å². The van der Waals surface area contributed by atoms with Crippen molar-refractivity contribution >= 4 is 5.97 Å². The Balaban J connectivity index is -0.00000200. The molecule has 0 saturated heterocycles. The van der Waals surface area contributed by atoms with Crippen molar-refractivity contribution in [2.75, 3.05) is 0 Å². The number of aliphatic hydroxyl groups excluding tert-OH is 1. The van der Waals surface area contributed by atoms with Crippen LogP contribution in [0.1, 0.15) is 105 Å². The van der Waals surface area contributed by atoms with Crippen LogP contribution in [-0.4, -0.2) is 22.3 Å². The van der Waals surface area contributed by atoms with E-state index in [0.717, 1.165) is 38.5 Å². The van der Waals surface area contributed by atoms with Crippen molar-refractivity contribution in [3.8, 4) is 0 Å². The quantitative estimate of drug-likeness (QED) is 0.340. The molecule has 0 aromatic heterocycles. The van der Waals surface area contributed by atoms with Crippen LogP contribution < -0.4 is 18.9 Å². The Labute approximate surface area is 150 Å². The van der Waals surface area contributed by atoms with Gasteiger partial charge in [0.2, 0.25) is 0 Å². The van der Waals surface area contributed by atoms with Crippen LogP contribution in [0.15, 0.2) is 0 Å². The van der Waals surface area contributed by atoms with Gasteiger partial charge in [-0.1, -0.05) is 77.6 Å². The van der Waals surface area contributed by atoms with Crippen LogP contribution in [0.4, 0.5) is 0 Å². The maximum Gasteiger partial charge on any atom is 1.00 e. The molecule has 0 aliphatic rings. The van der Waals surface area contributed by atoms with E-state index in [9.17, 15) is 9.90 Å². The van der Waals surface area contributed by atoms with Crippen molar-refractivity contribution in [1.29, 1.82) is 0 Å². The smallest absolute Gasteiger partial charge is 1.00 e. The molecule has 0 saturated carbocycles. The molecule has 128 valence electrons. The normalized spacial score (nSPS) is 11.9. The molecule has 22 heavy (non-hydrogen) atoms. The topological polar surface area (TPSA) is 57.5 Å². The molecule has 1 atom stereocenters. The summed E-state index contributed by atoms with van der Waals surface area (Å²) in [6.45, 7) is 2.21. The third-order valence-corrected chi connectivity index (χ3v) is 4.07. The summed E-state index contributed by atoms with van der Waals surface area (Å²) in [5.74, 6) is -0.678. The minimum atomic E-state index is -0.678. The molecule has 1 unspecified atom stereocenters. The fraction of sp³-hybridized carbons (Fsp3) is 0.944. The van der Waals surface area contributed by atoms with E-state index < -0.39 is 5.97 Å². The fourth-order valence-corrected chi connectivity index (χ4v) is 2.67. The Kier molecular flexibility index (Phi) is 21.1. The summed E-state index contributed by atoms with van der Waals surface area (Å²) in [5, 5.41) is 18.4. The van der Waals surface area contributed by atoms with E-state index in [2.05, 4.69) is 6.92 Å². The molecular weight excluding hydrogens is 271 g/mol. The van der Waals surface area contributed by atoms with Crippen LogP contribution in [0.3, 0.4) is 0 Å². The van der Waals surface area contributed by atoms with Crippen molar-refractivity contribution in [3.05, 3.63) is 0 Å². The minimum absolute atomic E-state index is 0. The van der Waals surface area contributed by atoms with Gasteiger partial charge >= 0.3 is 24.8 Å². The van der Waals surface area contributed by atoms with Crippen LogP contribution in [0.5, 0.6) is 0 Å². The molecule has 0 fully saturated rings. The van der Waals surface area contributed by atoms with Crippen LogP contribution in [0, 0.1) is 0 Å². The van der Waals surface area contributed by atoms with Gasteiger partial charge in [0, 0.05) is 6.42 Å². The predicted octanol–water partition coefficient (Wildman–Crippen LogP) is 2.42. The van der Waals surface area contributed by atoms with Gasteiger partial charge in [-0.15, -0.1) is 0 Å². The molecule has 0 aliphatic carbocycles. The predicted molar refractivity (Wildman–Crippen MR) is 89.7 cm³/mol. The Morgan fingerprint density at radius 3 is 1.68 bits per heavy atom. The molecular formula is C18H37LiO3. The molecule has 0 aromatic carbocycles. The molecule has 0 amide bonds. The standard InChI is InChI=1S/C18H36O3.Li.H/c1-2-3-4-11-14-17(19)15-12-9-7-5-6-8-10-13-16-18(20)21;;/h17,19H,2-16H2,1H3,(H,20,21);;/q;+1;-1. The SMILES string of the molecule is CCCCCCC(O)CCCCCCCCCCC(=O)O.[H-].[Li+]. The van der Waals surface area contributed by atoms with Crippen molar-refractivity contribution < 1.29 is 35.3 Å². The van der Waals surface area contributed by atoms with Gasteiger partial charge in [-0.25, -0.2) is 0 Å². The van der Waals surface area contributed by atoms with Gasteiger partial charge < -0.3 is 11.6 Å². The third kappa shape index (κ3) is 20.0. The molecule has 0 rings (SSSR count). The summed E-state index contributed by atoms with van der Waals surface area (Å²) in [7, 11) is 0. The first-order chi connectivity index (χ1) is 10.2. The van der Waals surface area contributed by atoms with E-state index in [0.29, 0.717) is 6.42 Å². The second kappa shape index (κ2) is 19.1. The summed E-state index contributed by atoms with van der Waals surface area (Å²) in [6, 6.07) is 0. The second-order valence-electron chi connectivity index (χ2n) is 6.26. The summed E-state index contributed by atoms with van der Waals surface area (Å²) < 4.78 is 0. The zero-order valence-electron chi connectivity index (χ0n) is 16.0. The van der Waals surface area contributed by atoms with Crippen molar-refractivity contribution in [2.45, 2.75) is 109 Å². The van der Waals surface area contributed by atoms with Crippen LogP contribution >= 0.6 is 0 Å². The number of aliphatic carboxylic acids is 1. The molecule has 0 aromatic rings. The number of carbonyl (C=O) groups is 1. The number of rotatable bonds is 16. The van der Waals surface area contributed by atoms with E-state index in [1.54, 1.807) is 0 Å². The third-order valence-electron chi connectivity index (χ3n) is 4.07. The van der Waals surface area contributed by atoms with Gasteiger partial charge in [0.25, 0.3) is 0 Å². The summed E-state index contributed by atoms with van der Waals surface area (Å²) in [5.41, 5.74) is 0. The van der Waals surface area contributed by atoms with Gasteiger partial charge in [-0.05, 0) is 19.3 Å². The number of carboxylic acid groups (broad SMARTS) is 1. The van der Waals surface area contributed by atoms with Crippen molar-refractivity contribution in [3.63, 3.8) is 0 Å². The van der Waals surface area contributed by atoms with Crippen LogP contribution in [0.25, 0.3) is 0 Å². The monoisotopic (exact) mass is 308 g/mol. The average Bonchev–Trinajstić information content (AvgIpc) is 2.45. The molecule has 0 aliphatic heterocycles. The number of hydrogen-bond acceptors (Lipinski definition) is 2. The van der Waals surface area contributed by atoms with Gasteiger partial charge in [0.1, 0.15) is 0 Å². The van der Waals surface area contributed by atoms with E-state index in [4.69, 9.17) is 5.11 Å². The molecule has 0 bridgehead atoms. The van der Waals surface area contributed by atoms with Gasteiger partial charge in [0.05, 0.1) is 6.10 Å². The van der Waals surface area contributed by atoms with E-state index >= 15 is 0 Å². The van der Waals surface area contributed by atoms with Gasteiger partial charge in [-0.3, -0.25) is 4.79 Å². The summed E-state index contributed by atoms with van der Waals surface area (Å²) >= 11 is 0. The van der Waals surface area contributed by atoms with Gasteiger partial charge in [-0.2, -0.15) is 0 Å². The first-order valence-corrected chi connectivity index (χ1v) is 9.06. The molecule has 2 N–H and O–H groups in total. The Morgan fingerprint density at radius 2 is 1.23 bits per heavy atom.